The predicted molar refractivity (Wildman–Crippen MR) is 68.8 cm³/mol. The molecule has 1 aromatic heterocycles. The van der Waals surface area contributed by atoms with Crippen LogP contribution in [0.2, 0.25) is 0 Å². The van der Waals surface area contributed by atoms with Crippen molar-refractivity contribution in [3.8, 4) is 11.4 Å². The van der Waals surface area contributed by atoms with Crippen molar-refractivity contribution in [2.24, 2.45) is 7.05 Å². The first-order chi connectivity index (χ1) is 8.72. The number of aliphatic hydroxyl groups excluding tert-OH is 1. The summed E-state index contributed by atoms with van der Waals surface area (Å²) in [6.45, 7) is 0.176. The first-order valence-corrected chi connectivity index (χ1v) is 6.60. The molecule has 0 atom stereocenters. The van der Waals surface area contributed by atoms with Crippen molar-refractivity contribution < 1.29 is 9.50 Å². The minimum absolute atomic E-state index is 0.176. The molecule has 2 aromatic rings. The highest BCUT2D eigenvalue weighted by molar-refractivity contribution is 7.99. The molecule has 0 aliphatic heterocycles. The predicted octanol–water partition coefficient (Wildman–Crippen LogP) is 2.10. The number of aliphatic hydroxyl groups is 1. The molecule has 0 radical (unpaired) electrons. The molecule has 4 nitrogen and oxygen atoms in total. The first kappa shape index (κ1) is 13.0. The van der Waals surface area contributed by atoms with E-state index >= 15 is 0 Å². The molecular formula is C12H14FN3OS. The van der Waals surface area contributed by atoms with Crippen LogP contribution in [0.15, 0.2) is 29.4 Å². The van der Waals surface area contributed by atoms with Gasteiger partial charge in [0.05, 0.1) is 0 Å². The number of aromatic nitrogens is 3. The van der Waals surface area contributed by atoms with Crippen LogP contribution in [-0.4, -0.2) is 32.2 Å². The van der Waals surface area contributed by atoms with Crippen molar-refractivity contribution in [3.05, 3.63) is 30.1 Å². The zero-order chi connectivity index (χ0) is 13.0. The van der Waals surface area contributed by atoms with E-state index in [1.807, 2.05) is 11.6 Å². The van der Waals surface area contributed by atoms with Crippen molar-refractivity contribution in [1.82, 2.24) is 14.8 Å². The van der Waals surface area contributed by atoms with Crippen LogP contribution in [0.4, 0.5) is 4.39 Å². The van der Waals surface area contributed by atoms with Crippen LogP contribution in [0.25, 0.3) is 11.4 Å². The molecule has 1 heterocycles. The van der Waals surface area contributed by atoms with E-state index in [2.05, 4.69) is 10.2 Å². The molecule has 0 fully saturated rings. The number of hydrogen-bond donors (Lipinski definition) is 1. The number of nitrogens with zero attached hydrogens (tertiary/aromatic N) is 3. The Kier molecular flexibility index (Phi) is 4.33. The molecule has 0 bridgehead atoms. The summed E-state index contributed by atoms with van der Waals surface area (Å²) >= 11 is 1.55. The number of hydrogen-bond acceptors (Lipinski definition) is 4. The number of thioether (sulfide) groups is 1. The summed E-state index contributed by atoms with van der Waals surface area (Å²) in [5.41, 5.74) is 0.834. The Morgan fingerprint density at radius 2 is 2.00 bits per heavy atom. The Hall–Kier alpha value is -1.40. The maximum atomic E-state index is 12.8. The van der Waals surface area contributed by atoms with Gasteiger partial charge in [-0.3, -0.25) is 0 Å². The van der Waals surface area contributed by atoms with Crippen LogP contribution >= 0.6 is 11.8 Å². The third-order valence-corrected chi connectivity index (χ3v) is 3.58. The van der Waals surface area contributed by atoms with Gasteiger partial charge in [0.25, 0.3) is 0 Å². The van der Waals surface area contributed by atoms with E-state index in [-0.39, 0.29) is 12.4 Å². The van der Waals surface area contributed by atoms with E-state index in [1.54, 1.807) is 23.9 Å². The zero-order valence-corrected chi connectivity index (χ0v) is 10.8. The van der Waals surface area contributed by atoms with Crippen LogP contribution in [-0.2, 0) is 7.05 Å². The van der Waals surface area contributed by atoms with Crippen LogP contribution in [0.5, 0.6) is 0 Å². The molecule has 1 N–H and O–H groups in total. The van der Waals surface area contributed by atoms with Crippen LogP contribution in [0.1, 0.15) is 6.42 Å². The molecule has 0 saturated carbocycles. The highest BCUT2D eigenvalue weighted by atomic mass is 32.2. The first-order valence-electron chi connectivity index (χ1n) is 5.61. The lowest BCUT2D eigenvalue weighted by atomic mass is 10.2. The Labute approximate surface area is 109 Å². The Morgan fingerprint density at radius 1 is 1.28 bits per heavy atom. The zero-order valence-electron chi connectivity index (χ0n) is 10.0. The monoisotopic (exact) mass is 267 g/mol. The van der Waals surface area contributed by atoms with Gasteiger partial charge >= 0.3 is 0 Å². The summed E-state index contributed by atoms with van der Waals surface area (Å²) in [4.78, 5) is 0. The Balaban J connectivity index is 2.17. The summed E-state index contributed by atoms with van der Waals surface area (Å²) < 4.78 is 14.7. The highest BCUT2D eigenvalue weighted by Crippen LogP contribution is 2.22. The maximum absolute atomic E-state index is 12.8. The van der Waals surface area contributed by atoms with Gasteiger partial charge in [0, 0.05) is 25.0 Å². The average Bonchev–Trinajstić information content (AvgIpc) is 2.73. The van der Waals surface area contributed by atoms with Gasteiger partial charge < -0.3 is 9.67 Å². The molecule has 2 rings (SSSR count). The minimum atomic E-state index is -0.265. The van der Waals surface area contributed by atoms with Gasteiger partial charge in [0.1, 0.15) is 5.82 Å². The fourth-order valence-electron chi connectivity index (χ4n) is 1.52. The van der Waals surface area contributed by atoms with Crippen molar-refractivity contribution in [2.45, 2.75) is 11.6 Å². The van der Waals surface area contributed by atoms with Crippen molar-refractivity contribution in [2.75, 3.05) is 12.4 Å². The second-order valence-electron chi connectivity index (χ2n) is 3.80. The number of rotatable bonds is 5. The molecule has 0 spiro atoms. The topological polar surface area (TPSA) is 50.9 Å². The molecule has 0 amide bonds. The van der Waals surface area contributed by atoms with Gasteiger partial charge in [-0.15, -0.1) is 10.2 Å². The highest BCUT2D eigenvalue weighted by Gasteiger charge is 2.10. The van der Waals surface area contributed by atoms with Crippen molar-refractivity contribution in [3.63, 3.8) is 0 Å². The maximum Gasteiger partial charge on any atom is 0.191 e. The summed E-state index contributed by atoms with van der Waals surface area (Å²) in [7, 11) is 1.87. The molecule has 0 aliphatic rings. The van der Waals surface area contributed by atoms with Crippen molar-refractivity contribution in [1.29, 1.82) is 0 Å². The normalized spacial score (nSPS) is 10.8. The van der Waals surface area contributed by atoms with Crippen LogP contribution < -0.4 is 0 Å². The van der Waals surface area contributed by atoms with Gasteiger partial charge in [0.15, 0.2) is 11.0 Å². The van der Waals surface area contributed by atoms with E-state index in [9.17, 15) is 4.39 Å². The molecule has 0 unspecified atom stereocenters. The van der Waals surface area contributed by atoms with E-state index < -0.39 is 0 Å². The smallest absolute Gasteiger partial charge is 0.191 e. The fourth-order valence-corrected chi connectivity index (χ4v) is 2.35. The molecule has 6 heteroatoms. The molecular weight excluding hydrogens is 253 g/mol. The Morgan fingerprint density at radius 3 is 2.67 bits per heavy atom. The van der Waals surface area contributed by atoms with E-state index in [0.29, 0.717) is 5.82 Å². The van der Waals surface area contributed by atoms with E-state index in [4.69, 9.17) is 5.11 Å². The summed E-state index contributed by atoms with van der Waals surface area (Å²) in [5, 5.41) is 17.7. The standard InChI is InChI=1S/C12H14FN3OS/c1-16-11(9-3-5-10(13)6-4-9)14-15-12(16)18-8-2-7-17/h3-6,17H,2,7-8H2,1H3. The van der Waals surface area contributed by atoms with E-state index in [0.717, 1.165) is 22.9 Å². The Bertz CT molecular complexity index is 513. The van der Waals surface area contributed by atoms with Gasteiger partial charge in [0.2, 0.25) is 0 Å². The molecule has 0 aliphatic carbocycles. The average molecular weight is 267 g/mol. The van der Waals surface area contributed by atoms with Gasteiger partial charge in [-0.2, -0.15) is 0 Å². The van der Waals surface area contributed by atoms with Crippen LogP contribution in [0.3, 0.4) is 0 Å². The quantitative estimate of drug-likeness (QED) is 0.666. The molecule has 96 valence electrons. The van der Waals surface area contributed by atoms with Gasteiger partial charge in [-0.05, 0) is 30.7 Å². The molecule has 18 heavy (non-hydrogen) atoms. The molecule has 0 saturated heterocycles. The lowest BCUT2D eigenvalue weighted by molar-refractivity contribution is 0.296. The SMILES string of the molecule is Cn1c(SCCCO)nnc1-c1ccc(F)cc1. The summed E-state index contributed by atoms with van der Waals surface area (Å²) in [5.74, 6) is 1.24. The number of halogens is 1. The van der Waals surface area contributed by atoms with Crippen LogP contribution in [0, 0.1) is 5.82 Å². The fraction of sp³-hybridized carbons (Fsp3) is 0.333. The number of benzene rings is 1. The van der Waals surface area contributed by atoms with Gasteiger partial charge in [-0.25, -0.2) is 4.39 Å². The third kappa shape index (κ3) is 2.88. The lowest BCUT2D eigenvalue weighted by Gasteiger charge is -2.03. The third-order valence-electron chi connectivity index (χ3n) is 2.47. The molecule has 1 aromatic carbocycles. The minimum Gasteiger partial charge on any atom is -0.396 e. The van der Waals surface area contributed by atoms with Gasteiger partial charge in [-0.1, -0.05) is 11.8 Å². The summed E-state index contributed by atoms with van der Waals surface area (Å²) in [6, 6.07) is 6.17. The lowest BCUT2D eigenvalue weighted by Crippen LogP contribution is -1.96. The summed E-state index contributed by atoms with van der Waals surface area (Å²) in [6.07, 6.45) is 0.726. The largest absolute Gasteiger partial charge is 0.396 e. The van der Waals surface area contributed by atoms with Crippen molar-refractivity contribution >= 4 is 11.8 Å². The van der Waals surface area contributed by atoms with E-state index in [1.165, 1.54) is 12.1 Å². The second-order valence-corrected chi connectivity index (χ2v) is 4.86. The second kappa shape index (κ2) is 5.97.